The average Bonchev–Trinajstić information content (AvgIpc) is 2.86. The van der Waals surface area contributed by atoms with Gasteiger partial charge in [0.05, 0.1) is 6.04 Å². The van der Waals surface area contributed by atoms with E-state index in [0.29, 0.717) is 6.04 Å². The van der Waals surface area contributed by atoms with E-state index in [1.54, 1.807) is 11.3 Å². The first-order valence-corrected chi connectivity index (χ1v) is 8.04. The lowest BCUT2D eigenvalue weighted by Crippen LogP contribution is -2.39. The summed E-state index contributed by atoms with van der Waals surface area (Å²) < 4.78 is 0. The van der Waals surface area contributed by atoms with Crippen LogP contribution in [0.3, 0.4) is 0 Å². The summed E-state index contributed by atoms with van der Waals surface area (Å²) in [5, 5.41) is 8.82. The molecule has 18 heavy (non-hydrogen) atoms. The predicted octanol–water partition coefficient (Wildman–Crippen LogP) is 3.35. The maximum Gasteiger partial charge on any atom is 0.191 e. The first-order chi connectivity index (χ1) is 8.27. The molecule has 0 aromatic carbocycles. The molecule has 104 valence electrons. The summed E-state index contributed by atoms with van der Waals surface area (Å²) in [4.78, 5) is 5.56. The van der Waals surface area contributed by atoms with Crippen molar-refractivity contribution in [2.45, 2.75) is 19.4 Å². The van der Waals surface area contributed by atoms with Crippen molar-refractivity contribution in [3.63, 3.8) is 0 Å². The van der Waals surface area contributed by atoms with Crippen LogP contribution < -0.4 is 10.6 Å². The van der Waals surface area contributed by atoms with Crippen LogP contribution >= 0.6 is 47.1 Å². The maximum absolute atomic E-state index is 4.23. The zero-order chi connectivity index (χ0) is 12.5. The van der Waals surface area contributed by atoms with Gasteiger partial charge in [0.15, 0.2) is 5.96 Å². The van der Waals surface area contributed by atoms with E-state index < -0.39 is 0 Å². The highest BCUT2D eigenvalue weighted by Gasteiger charge is 2.07. The number of hydrogen-bond donors (Lipinski definition) is 2. The molecule has 1 aromatic heterocycles. The van der Waals surface area contributed by atoms with Crippen LogP contribution in [-0.2, 0) is 0 Å². The molecular weight excluding hydrogens is 377 g/mol. The van der Waals surface area contributed by atoms with Crippen molar-refractivity contribution in [1.82, 2.24) is 10.6 Å². The molecule has 3 nitrogen and oxygen atoms in total. The van der Waals surface area contributed by atoms with Crippen LogP contribution in [0.1, 0.15) is 24.3 Å². The van der Waals surface area contributed by atoms with Gasteiger partial charge in [-0.25, -0.2) is 0 Å². The minimum Gasteiger partial charge on any atom is -0.356 e. The highest BCUT2D eigenvalue weighted by Crippen LogP contribution is 2.17. The lowest BCUT2D eigenvalue weighted by molar-refractivity contribution is 0.693. The van der Waals surface area contributed by atoms with Crippen LogP contribution in [0.4, 0.5) is 0 Å². The van der Waals surface area contributed by atoms with Crippen molar-refractivity contribution in [2.75, 3.05) is 25.6 Å². The van der Waals surface area contributed by atoms with Crippen LogP contribution in [0.2, 0.25) is 0 Å². The van der Waals surface area contributed by atoms with Crippen LogP contribution in [0, 0.1) is 0 Å². The quantitative estimate of drug-likeness (QED) is 0.333. The molecule has 0 amide bonds. The van der Waals surface area contributed by atoms with Gasteiger partial charge in [-0.05, 0) is 36.8 Å². The smallest absolute Gasteiger partial charge is 0.191 e. The number of rotatable bonds is 6. The summed E-state index contributed by atoms with van der Waals surface area (Å²) in [7, 11) is 1.81. The van der Waals surface area contributed by atoms with E-state index in [2.05, 4.69) is 46.3 Å². The first-order valence-electron chi connectivity index (χ1n) is 5.77. The van der Waals surface area contributed by atoms with E-state index in [1.165, 1.54) is 10.6 Å². The van der Waals surface area contributed by atoms with E-state index in [9.17, 15) is 0 Å². The topological polar surface area (TPSA) is 36.4 Å². The maximum atomic E-state index is 4.23. The van der Waals surface area contributed by atoms with Crippen molar-refractivity contribution in [3.8, 4) is 0 Å². The number of hydrogen-bond acceptors (Lipinski definition) is 3. The third-order valence-electron chi connectivity index (χ3n) is 2.36. The zero-order valence-corrected chi connectivity index (χ0v) is 15.1. The second kappa shape index (κ2) is 10.9. The second-order valence-electron chi connectivity index (χ2n) is 3.73. The van der Waals surface area contributed by atoms with Crippen molar-refractivity contribution in [1.29, 1.82) is 0 Å². The molecule has 1 heterocycles. The van der Waals surface area contributed by atoms with Gasteiger partial charge < -0.3 is 10.6 Å². The van der Waals surface area contributed by atoms with E-state index in [4.69, 9.17) is 0 Å². The first kappa shape index (κ1) is 18.0. The number of halogens is 1. The molecule has 0 saturated heterocycles. The molecule has 0 saturated carbocycles. The molecular formula is C12H22IN3S2. The summed E-state index contributed by atoms with van der Waals surface area (Å²) in [6.07, 6.45) is 3.29. The molecule has 0 spiro atoms. The monoisotopic (exact) mass is 399 g/mol. The van der Waals surface area contributed by atoms with E-state index >= 15 is 0 Å². The summed E-state index contributed by atoms with van der Waals surface area (Å²) in [6, 6.07) is 4.53. The Labute approximate surface area is 135 Å². The van der Waals surface area contributed by atoms with Gasteiger partial charge in [0.25, 0.3) is 0 Å². The Hall–Kier alpha value is 0.0500. The van der Waals surface area contributed by atoms with Crippen LogP contribution in [0.25, 0.3) is 0 Å². The Bertz CT molecular complexity index is 328. The van der Waals surface area contributed by atoms with Crippen molar-refractivity contribution < 1.29 is 0 Å². The van der Waals surface area contributed by atoms with Crippen LogP contribution in [-0.4, -0.2) is 31.6 Å². The lowest BCUT2D eigenvalue weighted by atomic mass is 10.3. The third-order valence-corrected chi connectivity index (χ3v) is 4.12. The molecule has 1 unspecified atom stereocenters. The highest BCUT2D eigenvalue weighted by atomic mass is 127. The Morgan fingerprint density at radius 3 is 2.89 bits per heavy atom. The van der Waals surface area contributed by atoms with Gasteiger partial charge in [0, 0.05) is 18.5 Å². The molecule has 0 fully saturated rings. The average molecular weight is 399 g/mol. The molecule has 6 heteroatoms. The Morgan fingerprint density at radius 1 is 1.56 bits per heavy atom. The molecule has 0 bridgehead atoms. The van der Waals surface area contributed by atoms with E-state index in [1.807, 2.05) is 18.8 Å². The number of thiophene rings is 1. The predicted molar refractivity (Wildman–Crippen MR) is 95.6 cm³/mol. The number of nitrogens with one attached hydrogen (secondary N) is 2. The van der Waals surface area contributed by atoms with Gasteiger partial charge in [-0.1, -0.05) is 6.07 Å². The van der Waals surface area contributed by atoms with Crippen molar-refractivity contribution in [3.05, 3.63) is 22.4 Å². The molecule has 0 aliphatic rings. The fourth-order valence-electron chi connectivity index (χ4n) is 1.43. The Morgan fingerprint density at radius 2 is 2.33 bits per heavy atom. The van der Waals surface area contributed by atoms with Gasteiger partial charge in [-0.15, -0.1) is 35.3 Å². The fraction of sp³-hybridized carbons (Fsp3) is 0.583. The molecule has 0 aliphatic heterocycles. The fourth-order valence-corrected chi connectivity index (χ4v) is 2.60. The Kier molecular flexibility index (Phi) is 11.0. The molecule has 0 radical (unpaired) electrons. The van der Waals surface area contributed by atoms with Crippen molar-refractivity contribution in [2.24, 2.45) is 4.99 Å². The molecule has 1 rings (SSSR count). The van der Waals surface area contributed by atoms with Crippen LogP contribution in [0.5, 0.6) is 0 Å². The second-order valence-corrected chi connectivity index (χ2v) is 5.69. The van der Waals surface area contributed by atoms with E-state index in [0.717, 1.165) is 18.9 Å². The van der Waals surface area contributed by atoms with Crippen molar-refractivity contribution >= 4 is 53.0 Å². The number of aliphatic imine (C=N–C) groups is 1. The molecule has 0 aliphatic carbocycles. The van der Waals surface area contributed by atoms with Crippen LogP contribution in [0.15, 0.2) is 22.5 Å². The Balaban J connectivity index is 0.00000289. The SMILES string of the molecule is CN=C(NCCCSC)NC(C)c1cccs1.I. The largest absolute Gasteiger partial charge is 0.356 e. The summed E-state index contributed by atoms with van der Waals surface area (Å²) in [5.41, 5.74) is 0. The lowest BCUT2D eigenvalue weighted by Gasteiger charge is -2.16. The van der Waals surface area contributed by atoms with E-state index in [-0.39, 0.29) is 24.0 Å². The molecule has 1 aromatic rings. The molecule has 1 atom stereocenters. The molecule has 2 N–H and O–H groups in total. The van der Waals surface area contributed by atoms with Gasteiger partial charge in [-0.3, -0.25) is 4.99 Å². The minimum absolute atomic E-state index is 0. The number of thioether (sulfide) groups is 1. The zero-order valence-electron chi connectivity index (χ0n) is 11.1. The van der Waals surface area contributed by atoms with Gasteiger partial charge >= 0.3 is 0 Å². The van der Waals surface area contributed by atoms with Gasteiger partial charge in [-0.2, -0.15) is 11.8 Å². The third kappa shape index (κ3) is 6.84. The summed E-state index contributed by atoms with van der Waals surface area (Å²) in [6.45, 7) is 3.12. The standard InChI is InChI=1S/C12H21N3S2.HI/c1-10(11-6-4-9-17-11)15-12(13-2)14-7-5-8-16-3;/h4,6,9-10H,5,7-8H2,1-3H3,(H2,13,14,15);1H. The number of nitrogens with zero attached hydrogens (tertiary/aromatic N) is 1. The normalized spacial score (nSPS) is 12.7. The minimum atomic E-state index is 0. The summed E-state index contributed by atoms with van der Waals surface area (Å²) in [5.74, 6) is 2.07. The van der Waals surface area contributed by atoms with Gasteiger partial charge in [0.1, 0.15) is 0 Å². The van der Waals surface area contributed by atoms with Gasteiger partial charge in [0.2, 0.25) is 0 Å². The number of guanidine groups is 1. The summed E-state index contributed by atoms with van der Waals surface area (Å²) >= 11 is 3.64. The highest BCUT2D eigenvalue weighted by molar-refractivity contribution is 14.0.